The zero-order chi connectivity index (χ0) is 17.6. The summed E-state index contributed by atoms with van der Waals surface area (Å²) in [5.41, 5.74) is 0.190. The van der Waals surface area contributed by atoms with Gasteiger partial charge in [0.05, 0.1) is 11.7 Å². The third kappa shape index (κ3) is 3.30. The first kappa shape index (κ1) is 18.0. The van der Waals surface area contributed by atoms with Crippen molar-refractivity contribution < 1.29 is 30.5 Å². The molecule has 10 heteroatoms. The van der Waals surface area contributed by atoms with Gasteiger partial charge in [-0.2, -0.15) is 8.42 Å². The number of hydrogen-bond donors (Lipinski definition) is 0. The Bertz CT molecular complexity index is 815. The van der Waals surface area contributed by atoms with Gasteiger partial charge in [0.1, 0.15) is 11.5 Å². The molecule has 1 aliphatic heterocycles. The highest BCUT2D eigenvalue weighted by Gasteiger charge is 2.42. The van der Waals surface area contributed by atoms with Crippen LogP contribution in [-0.2, 0) is 30.5 Å². The highest BCUT2D eigenvalue weighted by molar-refractivity contribution is 8.01. The van der Waals surface area contributed by atoms with Crippen LogP contribution in [0.5, 0.6) is 11.5 Å². The van der Waals surface area contributed by atoms with Crippen LogP contribution in [0.1, 0.15) is 19.4 Å². The number of fused-ring (bicyclic) bond motifs is 1. The highest BCUT2D eigenvalue weighted by Crippen LogP contribution is 2.44. The maximum atomic E-state index is 12.0. The maximum absolute atomic E-state index is 12.0. The van der Waals surface area contributed by atoms with Crippen molar-refractivity contribution in [1.29, 1.82) is 0 Å². The first-order valence-corrected chi connectivity index (χ1v) is 9.83. The van der Waals surface area contributed by atoms with E-state index in [9.17, 15) is 16.8 Å². The van der Waals surface area contributed by atoms with Crippen molar-refractivity contribution in [1.82, 2.24) is 3.71 Å². The smallest absolute Gasteiger partial charge is 0.398 e. The van der Waals surface area contributed by atoms with Crippen LogP contribution >= 0.6 is 0 Å². The second-order valence-corrected chi connectivity index (χ2v) is 9.56. The van der Waals surface area contributed by atoms with Crippen molar-refractivity contribution in [3.05, 3.63) is 23.8 Å². The van der Waals surface area contributed by atoms with E-state index in [1.54, 1.807) is 6.07 Å². The minimum atomic E-state index is -4.47. The van der Waals surface area contributed by atoms with Crippen molar-refractivity contribution in [2.75, 3.05) is 20.4 Å². The van der Waals surface area contributed by atoms with Crippen molar-refractivity contribution in [3.63, 3.8) is 0 Å². The van der Waals surface area contributed by atoms with E-state index in [2.05, 4.69) is 0 Å². The molecule has 0 amide bonds. The summed E-state index contributed by atoms with van der Waals surface area (Å²) < 4.78 is 62.7. The van der Waals surface area contributed by atoms with E-state index < -0.39 is 32.0 Å². The molecule has 0 fully saturated rings. The van der Waals surface area contributed by atoms with Gasteiger partial charge in [-0.25, -0.2) is 8.42 Å². The largest absolute Gasteiger partial charge is 0.464 e. The molecule has 1 aliphatic rings. The standard InChI is InChI=1S/C13H19NO7S2/c1-13(2)10-8-9(6-7-11(10)20-12(13)19-4)21-23(17,18)14(3)22(5,15)16/h6-8,12H,1-5H3. The van der Waals surface area contributed by atoms with Crippen LogP contribution in [0.2, 0.25) is 0 Å². The van der Waals surface area contributed by atoms with E-state index in [1.165, 1.54) is 19.2 Å². The summed E-state index contributed by atoms with van der Waals surface area (Å²) in [5.74, 6) is 0.552. The molecule has 0 radical (unpaired) electrons. The molecular weight excluding hydrogens is 346 g/mol. The van der Waals surface area contributed by atoms with Gasteiger partial charge in [-0.3, -0.25) is 0 Å². The van der Waals surface area contributed by atoms with Gasteiger partial charge in [0.25, 0.3) is 0 Å². The van der Waals surface area contributed by atoms with Crippen LogP contribution in [0, 0.1) is 0 Å². The minimum Gasteiger partial charge on any atom is -0.464 e. The number of nitrogens with zero attached hydrogens (tertiary/aromatic N) is 1. The lowest BCUT2D eigenvalue weighted by atomic mass is 9.85. The van der Waals surface area contributed by atoms with Crippen molar-refractivity contribution in [2.45, 2.75) is 25.6 Å². The lowest BCUT2D eigenvalue weighted by Gasteiger charge is -2.24. The van der Waals surface area contributed by atoms with Crippen LogP contribution in [-0.4, -0.2) is 47.2 Å². The first-order valence-electron chi connectivity index (χ1n) is 6.62. The fourth-order valence-corrected chi connectivity index (χ4v) is 4.11. The van der Waals surface area contributed by atoms with Gasteiger partial charge in [-0.15, -0.1) is 0 Å². The summed E-state index contributed by atoms with van der Waals surface area (Å²) in [4.78, 5) is 0. The van der Waals surface area contributed by atoms with Crippen LogP contribution in [0.3, 0.4) is 0 Å². The second-order valence-electron chi connectivity index (χ2n) is 5.75. The molecule has 0 spiro atoms. The van der Waals surface area contributed by atoms with E-state index in [-0.39, 0.29) is 9.46 Å². The Morgan fingerprint density at radius 3 is 2.35 bits per heavy atom. The zero-order valence-corrected chi connectivity index (χ0v) is 15.1. The van der Waals surface area contributed by atoms with Gasteiger partial charge >= 0.3 is 10.3 Å². The van der Waals surface area contributed by atoms with Crippen LogP contribution < -0.4 is 8.92 Å². The van der Waals surface area contributed by atoms with Gasteiger partial charge in [0, 0.05) is 19.7 Å². The quantitative estimate of drug-likeness (QED) is 0.762. The Morgan fingerprint density at radius 2 is 1.83 bits per heavy atom. The predicted octanol–water partition coefficient (Wildman–Crippen LogP) is 0.844. The normalized spacial score (nSPS) is 20.2. The lowest BCUT2D eigenvalue weighted by Crippen LogP contribution is -2.35. The van der Waals surface area contributed by atoms with E-state index in [1.807, 2.05) is 13.8 Å². The number of ether oxygens (including phenoxy) is 2. The zero-order valence-electron chi connectivity index (χ0n) is 13.4. The van der Waals surface area contributed by atoms with Crippen molar-refractivity contribution >= 4 is 20.3 Å². The maximum Gasteiger partial charge on any atom is 0.398 e. The van der Waals surface area contributed by atoms with Crippen LogP contribution in [0.15, 0.2) is 18.2 Å². The summed E-state index contributed by atoms with van der Waals surface area (Å²) in [6, 6.07) is 4.45. The molecule has 23 heavy (non-hydrogen) atoms. The van der Waals surface area contributed by atoms with E-state index in [4.69, 9.17) is 13.7 Å². The topological polar surface area (TPSA) is 99.2 Å². The summed E-state index contributed by atoms with van der Waals surface area (Å²) in [6.45, 7) is 3.77. The first-order chi connectivity index (χ1) is 10.4. The average molecular weight is 365 g/mol. The predicted molar refractivity (Wildman–Crippen MR) is 83.0 cm³/mol. The number of methoxy groups -OCH3 is 1. The molecule has 0 saturated carbocycles. The molecule has 0 bridgehead atoms. The molecule has 130 valence electrons. The number of sulfonamides is 1. The van der Waals surface area contributed by atoms with Gasteiger partial charge in [-0.05, 0) is 32.0 Å². The number of benzene rings is 1. The van der Waals surface area contributed by atoms with Crippen LogP contribution in [0.25, 0.3) is 0 Å². The minimum absolute atomic E-state index is 0.00678. The Hall–Kier alpha value is -1.36. The molecular formula is C13H19NO7S2. The molecule has 2 rings (SSSR count). The summed E-state index contributed by atoms with van der Waals surface area (Å²) in [6.07, 6.45) is 0.263. The van der Waals surface area contributed by atoms with Gasteiger partial charge in [-0.1, -0.05) is 3.71 Å². The molecule has 0 N–H and O–H groups in total. The van der Waals surface area contributed by atoms with E-state index >= 15 is 0 Å². The van der Waals surface area contributed by atoms with Crippen molar-refractivity contribution in [3.8, 4) is 11.5 Å². The molecule has 1 unspecified atom stereocenters. The molecule has 1 atom stereocenters. The SMILES string of the molecule is COC1Oc2ccc(OS(=O)(=O)N(C)S(C)(=O)=O)cc2C1(C)C. The van der Waals surface area contributed by atoms with Gasteiger partial charge in [0.2, 0.25) is 16.3 Å². The Labute approximate surface area is 136 Å². The monoisotopic (exact) mass is 365 g/mol. The summed E-state index contributed by atoms with van der Waals surface area (Å²) in [7, 11) is -6.00. The molecule has 0 aromatic heterocycles. The third-order valence-electron chi connectivity index (χ3n) is 3.67. The fraction of sp³-hybridized carbons (Fsp3) is 0.538. The van der Waals surface area contributed by atoms with Gasteiger partial charge < -0.3 is 13.7 Å². The number of rotatable bonds is 5. The summed E-state index contributed by atoms with van der Waals surface area (Å²) in [5, 5.41) is 0. The van der Waals surface area contributed by atoms with E-state index in [0.29, 0.717) is 11.3 Å². The lowest BCUT2D eigenvalue weighted by molar-refractivity contribution is -0.0779. The second kappa shape index (κ2) is 5.62. The number of hydrogen-bond acceptors (Lipinski definition) is 7. The molecule has 0 aliphatic carbocycles. The molecule has 8 nitrogen and oxygen atoms in total. The Morgan fingerprint density at radius 1 is 1.22 bits per heavy atom. The molecule has 1 aromatic rings. The Balaban J connectivity index is 2.36. The van der Waals surface area contributed by atoms with Crippen LogP contribution in [0.4, 0.5) is 0 Å². The average Bonchev–Trinajstić information content (AvgIpc) is 2.67. The molecule has 1 aromatic carbocycles. The highest BCUT2D eigenvalue weighted by atomic mass is 32.3. The Kier molecular flexibility index (Phi) is 4.39. The summed E-state index contributed by atoms with van der Waals surface area (Å²) >= 11 is 0. The molecule has 0 saturated heterocycles. The van der Waals surface area contributed by atoms with Crippen molar-refractivity contribution in [2.24, 2.45) is 0 Å². The fourth-order valence-electron chi connectivity index (χ4n) is 2.24. The third-order valence-corrected chi connectivity index (χ3v) is 6.99. The molecule has 1 heterocycles. The van der Waals surface area contributed by atoms with E-state index in [0.717, 1.165) is 13.3 Å². The van der Waals surface area contributed by atoms with Gasteiger partial charge in [0.15, 0.2) is 0 Å².